The van der Waals surface area contributed by atoms with Crippen LogP contribution in [0.25, 0.3) is 0 Å². The molecule has 1 unspecified atom stereocenters. The number of anilines is 1. The summed E-state index contributed by atoms with van der Waals surface area (Å²) in [4.78, 5) is 26.9. The fraction of sp³-hybridized carbons (Fsp3) is 0.263. The van der Waals surface area contributed by atoms with Crippen molar-refractivity contribution in [3.8, 4) is 0 Å². The molecule has 4 rings (SSSR count). The summed E-state index contributed by atoms with van der Waals surface area (Å²) in [7, 11) is 0. The normalized spacial score (nSPS) is 20.1. The molecule has 1 aliphatic heterocycles. The zero-order chi connectivity index (χ0) is 16.7. The van der Waals surface area contributed by atoms with Gasteiger partial charge < -0.3 is 10.2 Å². The van der Waals surface area contributed by atoms with Gasteiger partial charge in [-0.15, -0.1) is 0 Å². The average Bonchev–Trinajstić information content (AvgIpc) is 3.42. The molecule has 1 N–H and O–H groups in total. The van der Waals surface area contributed by atoms with Gasteiger partial charge in [-0.2, -0.15) is 0 Å². The number of halogens is 1. The number of rotatable bonds is 2. The third kappa shape index (κ3) is 2.78. The summed E-state index contributed by atoms with van der Waals surface area (Å²) in [5, 5.41) is 3.49. The molecule has 1 heterocycles. The Morgan fingerprint density at radius 3 is 2.58 bits per heavy atom. The number of carbonyl (C=O) groups is 2. The lowest BCUT2D eigenvalue weighted by molar-refractivity contribution is -0.137. The standard InChI is InChI=1S/C19H17ClN2O2/c20-14-8-9-16-15(10-14)18(12-4-2-1-3-5-12)22(11-17(23)21-16)19(24)13-6-7-13/h1-5,8-10,13,18H,6-7,11H2,(H,21,23). The highest BCUT2D eigenvalue weighted by Crippen LogP contribution is 2.40. The summed E-state index contributed by atoms with van der Waals surface area (Å²) in [6.45, 7) is 0.0567. The minimum absolute atomic E-state index is 0.0461. The van der Waals surface area contributed by atoms with Crippen LogP contribution in [0.15, 0.2) is 48.5 Å². The van der Waals surface area contributed by atoms with Crippen LogP contribution in [0, 0.1) is 5.92 Å². The monoisotopic (exact) mass is 340 g/mol. The van der Waals surface area contributed by atoms with E-state index in [-0.39, 0.29) is 30.3 Å². The summed E-state index contributed by atoms with van der Waals surface area (Å²) in [6, 6.07) is 14.9. The van der Waals surface area contributed by atoms with Gasteiger partial charge in [0.25, 0.3) is 0 Å². The maximum atomic E-state index is 12.9. The van der Waals surface area contributed by atoms with E-state index >= 15 is 0 Å². The molecule has 0 bridgehead atoms. The molecule has 0 spiro atoms. The fourth-order valence-electron chi connectivity index (χ4n) is 3.24. The van der Waals surface area contributed by atoms with Crippen molar-refractivity contribution in [3.05, 3.63) is 64.7 Å². The smallest absolute Gasteiger partial charge is 0.244 e. The number of benzene rings is 2. The molecular weight excluding hydrogens is 324 g/mol. The van der Waals surface area contributed by atoms with Gasteiger partial charge in [0.1, 0.15) is 6.54 Å². The van der Waals surface area contributed by atoms with Gasteiger partial charge in [-0.25, -0.2) is 0 Å². The van der Waals surface area contributed by atoms with Crippen LogP contribution in [0.2, 0.25) is 5.02 Å². The van der Waals surface area contributed by atoms with E-state index in [0.29, 0.717) is 10.7 Å². The minimum atomic E-state index is -0.313. The molecule has 0 radical (unpaired) electrons. The first kappa shape index (κ1) is 15.2. The Labute approximate surface area is 145 Å². The summed E-state index contributed by atoms with van der Waals surface area (Å²) in [6.07, 6.45) is 1.81. The summed E-state index contributed by atoms with van der Waals surface area (Å²) >= 11 is 6.21. The van der Waals surface area contributed by atoms with E-state index < -0.39 is 0 Å². The van der Waals surface area contributed by atoms with Crippen LogP contribution >= 0.6 is 11.6 Å². The van der Waals surface area contributed by atoms with Crippen molar-refractivity contribution in [2.45, 2.75) is 18.9 Å². The van der Waals surface area contributed by atoms with Gasteiger partial charge in [0.2, 0.25) is 11.8 Å². The van der Waals surface area contributed by atoms with Crippen LogP contribution in [-0.4, -0.2) is 23.3 Å². The van der Waals surface area contributed by atoms with Crippen LogP contribution in [-0.2, 0) is 9.59 Å². The van der Waals surface area contributed by atoms with Crippen molar-refractivity contribution in [1.29, 1.82) is 0 Å². The lowest BCUT2D eigenvalue weighted by atomic mass is 9.95. The summed E-state index contributed by atoms with van der Waals surface area (Å²) < 4.78 is 0. The van der Waals surface area contributed by atoms with Crippen molar-refractivity contribution in [2.24, 2.45) is 5.92 Å². The van der Waals surface area contributed by atoms with Gasteiger partial charge in [-0.05, 0) is 36.6 Å². The van der Waals surface area contributed by atoms with Gasteiger partial charge in [0, 0.05) is 22.2 Å². The van der Waals surface area contributed by atoms with E-state index in [2.05, 4.69) is 5.32 Å². The number of hydrogen-bond acceptors (Lipinski definition) is 2. The largest absolute Gasteiger partial charge is 0.324 e. The topological polar surface area (TPSA) is 49.4 Å². The van der Waals surface area contributed by atoms with Crippen LogP contribution < -0.4 is 5.32 Å². The summed E-state index contributed by atoms with van der Waals surface area (Å²) in [5.41, 5.74) is 2.55. The maximum Gasteiger partial charge on any atom is 0.244 e. The number of amides is 2. The molecule has 1 fully saturated rings. The van der Waals surface area contributed by atoms with Crippen molar-refractivity contribution in [3.63, 3.8) is 0 Å². The SMILES string of the molecule is O=C1CN(C(=O)C2CC2)C(c2ccccc2)c2cc(Cl)ccc2N1. The van der Waals surface area contributed by atoms with Crippen molar-refractivity contribution >= 4 is 29.1 Å². The highest BCUT2D eigenvalue weighted by molar-refractivity contribution is 6.30. The molecule has 1 aliphatic carbocycles. The molecule has 24 heavy (non-hydrogen) atoms. The number of fused-ring (bicyclic) bond motifs is 1. The number of hydrogen-bond donors (Lipinski definition) is 1. The molecule has 0 aromatic heterocycles. The highest BCUT2D eigenvalue weighted by Gasteiger charge is 2.40. The molecule has 1 saturated carbocycles. The van der Waals surface area contributed by atoms with Crippen LogP contribution in [0.1, 0.15) is 30.0 Å². The number of nitrogens with one attached hydrogen (secondary N) is 1. The third-order valence-corrected chi connectivity index (χ3v) is 4.77. The first-order chi connectivity index (χ1) is 11.6. The van der Waals surface area contributed by atoms with Gasteiger partial charge in [0.05, 0.1) is 6.04 Å². The van der Waals surface area contributed by atoms with E-state index in [1.807, 2.05) is 36.4 Å². The second kappa shape index (κ2) is 5.95. The molecule has 5 heteroatoms. The Hall–Kier alpha value is -2.33. The van der Waals surface area contributed by atoms with Gasteiger partial charge in [-0.1, -0.05) is 41.9 Å². The van der Waals surface area contributed by atoms with Crippen LogP contribution in [0.5, 0.6) is 0 Å². The second-order valence-electron chi connectivity index (χ2n) is 6.33. The molecule has 4 nitrogen and oxygen atoms in total. The van der Waals surface area contributed by atoms with E-state index in [9.17, 15) is 9.59 Å². The Morgan fingerprint density at radius 1 is 1.12 bits per heavy atom. The predicted molar refractivity (Wildman–Crippen MR) is 92.8 cm³/mol. The Balaban J connectivity index is 1.88. The minimum Gasteiger partial charge on any atom is -0.324 e. The molecule has 2 aliphatic rings. The zero-order valence-corrected chi connectivity index (χ0v) is 13.8. The molecular formula is C19H17ClN2O2. The molecule has 2 aromatic carbocycles. The van der Waals surface area contributed by atoms with Crippen molar-refractivity contribution in [2.75, 3.05) is 11.9 Å². The van der Waals surface area contributed by atoms with Gasteiger partial charge >= 0.3 is 0 Å². The van der Waals surface area contributed by atoms with Crippen LogP contribution in [0.4, 0.5) is 5.69 Å². The first-order valence-corrected chi connectivity index (χ1v) is 8.46. The zero-order valence-electron chi connectivity index (χ0n) is 13.0. The number of nitrogens with zero attached hydrogens (tertiary/aromatic N) is 1. The number of carbonyl (C=O) groups excluding carboxylic acids is 2. The lowest BCUT2D eigenvalue weighted by Crippen LogP contribution is -2.39. The molecule has 0 saturated heterocycles. The van der Waals surface area contributed by atoms with E-state index in [0.717, 1.165) is 24.0 Å². The van der Waals surface area contributed by atoms with E-state index in [4.69, 9.17) is 11.6 Å². The third-order valence-electron chi connectivity index (χ3n) is 4.53. The lowest BCUT2D eigenvalue weighted by Gasteiger charge is -2.30. The maximum absolute atomic E-state index is 12.9. The van der Waals surface area contributed by atoms with E-state index in [1.165, 1.54) is 0 Å². The van der Waals surface area contributed by atoms with Crippen molar-refractivity contribution < 1.29 is 9.59 Å². The first-order valence-electron chi connectivity index (χ1n) is 8.08. The van der Waals surface area contributed by atoms with E-state index in [1.54, 1.807) is 17.0 Å². The Kier molecular flexibility index (Phi) is 3.77. The molecule has 1 atom stereocenters. The van der Waals surface area contributed by atoms with Gasteiger partial charge in [0.15, 0.2) is 0 Å². The quantitative estimate of drug-likeness (QED) is 0.907. The Bertz CT molecular complexity index is 802. The van der Waals surface area contributed by atoms with Gasteiger partial charge in [-0.3, -0.25) is 9.59 Å². The predicted octanol–water partition coefficient (Wildman–Crippen LogP) is 3.62. The molecule has 2 aromatic rings. The molecule has 2 amide bonds. The fourth-order valence-corrected chi connectivity index (χ4v) is 3.42. The highest BCUT2D eigenvalue weighted by atomic mass is 35.5. The summed E-state index contributed by atoms with van der Waals surface area (Å²) in [5.74, 6) is -0.0809. The molecule has 122 valence electrons. The van der Waals surface area contributed by atoms with Crippen molar-refractivity contribution in [1.82, 2.24) is 4.90 Å². The van der Waals surface area contributed by atoms with Crippen LogP contribution in [0.3, 0.4) is 0 Å². The average molecular weight is 341 g/mol. The Morgan fingerprint density at radius 2 is 1.88 bits per heavy atom. The second-order valence-corrected chi connectivity index (χ2v) is 6.77.